The van der Waals surface area contributed by atoms with Crippen molar-refractivity contribution in [1.29, 1.82) is 5.26 Å². The average Bonchev–Trinajstić information content (AvgIpc) is 2.47. The Labute approximate surface area is 73.2 Å². The third-order valence-electron chi connectivity index (χ3n) is 1.75. The maximum absolute atomic E-state index is 11.3. The average molecular weight is 174 g/mol. The minimum absolute atomic E-state index is 0.228. The largest absolute Gasteiger partial charge is 0.307 e. The van der Waals surface area contributed by atoms with Gasteiger partial charge in [-0.2, -0.15) is 10.4 Å². The standard InChI is InChI=1S/C8H6N4O/c1-5-10-8(13)7-3-2-6(4-9)12(7)11-5/h2-3H,1H3,(H,10,11,13). The predicted octanol–water partition coefficient (Wildman–Crippen LogP) is 0.203. The molecule has 0 unspecified atom stereocenters. The van der Waals surface area contributed by atoms with Gasteiger partial charge in [0.1, 0.15) is 23.1 Å². The van der Waals surface area contributed by atoms with Gasteiger partial charge in [-0.15, -0.1) is 0 Å². The van der Waals surface area contributed by atoms with Crippen LogP contribution in [0.5, 0.6) is 0 Å². The van der Waals surface area contributed by atoms with Crippen molar-refractivity contribution in [2.45, 2.75) is 6.92 Å². The Morgan fingerprint density at radius 1 is 1.62 bits per heavy atom. The number of nitrogens with one attached hydrogen (secondary N) is 1. The molecule has 0 atom stereocenters. The highest BCUT2D eigenvalue weighted by atomic mass is 16.1. The number of aromatic amines is 1. The van der Waals surface area contributed by atoms with Gasteiger partial charge in [0.25, 0.3) is 5.56 Å². The molecule has 5 heteroatoms. The summed E-state index contributed by atoms with van der Waals surface area (Å²) in [5.41, 5.74) is 0.528. The van der Waals surface area contributed by atoms with Crippen molar-refractivity contribution in [2.75, 3.05) is 0 Å². The lowest BCUT2D eigenvalue weighted by Crippen LogP contribution is -2.14. The molecule has 0 aliphatic heterocycles. The Morgan fingerprint density at radius 2 is 2.38 bits per heavy atom. The fourth-order valence-electron chi connectivity index (χ4n) is 1.20. The number of nitriles is 1. The minimum atomic E-state index is -0.228. The molecule has 1 N–H and O–H groups in total. The van der Waals surface area contributed by atoms with E-state index in [4.69, 9.17) is 5.26 Å². The maximum Gasteiger partial charge on any atom is 0.275 e. The molecule has 0 radical (unpaired) electrons. The van der Waals surface area contributed by atoms with E-state index >= 15 is 0 Å². The monoisotopic (exact) mass is 174 g/mol. The number of nitrogens with zero attached hydrogens (tertiary/aromatic N) is 3. The van der Waals surface area contributed by atoms with Crippen LogP contribution < -0.4 is 5.56 Å². The lowest BCUT2D eigenvalue weighted by molar-refractivity contribution is 0.833. The zero-order valence-corrected chi connectivity index (χ0v) is 6.90. The molecule has 2 rings (SSSR count). The summed E-state index contributed by atoms with van der Waals surface area (Å²) in [6.07, 6.45) is 0. The van der Waals surface area contributed by atoms with E-state index in [0.29, 0.717) is 17.0 Å². The Morgan fingerprint density at radius 3 is 3.08 bits per heavy atom. The number of aromatic nitrogens is 3. The van der Waals surface area contributed by atoms with E-state index in [1.807, 2.05) is 6.07 Å². The van der Waals surface area contributed by atoms with E-state index in [1.165, 1.54) is 4.52 Å². The molecule has 13 heavy (non-hydrogen) atoms. The van der Waals surface area contributed by atoms with Crippen molar-refractivity contribution in [1.82, 2.24) is 14.6 Å². The van der Waals surface area contributed by atoms with Crippen LogP contribution in [-0.4, -0.2) is 14.6 Å². The van der Waals surface area contributed by atoms with Crippen LogP contribution in [0.4, 0.5) is 0 Å². The number of fused-ring (bicyclic) bond motifs is 1. The van der Waals surface area contributed by atoms with Crippen molar-refractivity contribution < 1.29 is 0 Å². The van der Waals surface area contributed by atoms with E-state index in [1.54, 1.807) is 19.1 Å². The van der Waals surface area contributed by atoms with Crippen LogP contribution in [0, 0.1) is 18.3 Å². The van der Waals surface area contributed by atoms with E-state index in [0.717, 1.165) is 0 Å². The van der Waals surface area contributed by atoms with Crippen LogP contribution in [0.15, 0.2) is 16.9 Å². The number of rotatable bonds is 0. The Hall–Kier alpha value is -2.09. The summed E-state index contributed by atoms with van der Waals surface area (Å²) in [5.74, 6) is 0.491. The SMILES string of the molecule is Cc1nn2c(C#N)ccc2c(=O)[nH]1. The third kappa shape index (κ3) is 0.999. The summed E-state index contributed by atoms with van der Waals surface area (Å²) in [7, 11) is 0. The first-order chi connectivity index (χ1) is 6.22. The molecule has 0 aromatic carbocycles. The van der Waals surface area contributed by atoms with Crippen LogP contribution in [0.25, 0.3) is 5.52 Å². The first-order valence-electron chi connectivity index (χ1n) is 3.71. The first-order valence-corrected chi connectivity index (χ1v) is 3.71. The Bertz CT molecular complexity index is 558. The van der Waals surface area contributed by atoms with E-state index in [2.05, 4.69) is 10.1 Å². The van der Waals surface area contributed by atoms with Crippen molar-refractivity contribution >= 4 is 5.52 Å². The van der Waals surface area contributed by atoms with E-state index in [-0.39, 0.29) is 5.56 Å². The van der Waals surface area contributed by atoms with Crippen molar-refractivity contribution in [3.63, 3.8) is 0 Å². The topological polar surface area (TPSA) is 74.0 Å². The zero-order chi connectivity index (χ0) is 9.42. The molecule has 2 aromatic heterocycles. The van der Waals surface area contributed by atoms with Crippen molar-refractivity contribution in [2.24, 2.45) is 0 Å². The molecule has 0 spiro atoms. The van der Waals surface area contributed by atoms with Gasteiger partial charge in [0.05, 0.1) is 0 Å². The lowest BCUT2D eigenvalue weighted by atomic mass is 10.5. The van der Waals surface area contributed by atoms with Gasteiger partial charge in [-0.3, -0.25) is 4.79 Å². The molecule has 2 heterocycles. The quantitative estimate of drug-likeness (QED) is 0.620. The molecular formula is C8H6N4O. The Balaban J connectivity index is 3.00. The number of H-pyrrole nitrogens is 1. The van der Waals surface area contributed by atoms with Gasteiger partial charge < -0.3 is 4.98 Å². The summed E-state index contributed by atoms with van der Waals surface area (Å²) < 4.78 is 1.34. The van der Waals surface area contributed by atoms with Gasteiger partial charge in [0.15, 0.2) is 0 Å². The Kier molecular flexibility index (Phi) is 1.43. The fourth-order valence-corrected chi connectivity index (χ4v) is 1.20. The van der Waals surface area contributed by atoms with Crippen LogP contribution in [-0.2, 0) is 0 Å². The van der Waals surface area contributed by atoms with Gasteiger partial charge >= 0.3 is 0 Å². The summed E-state index contributed by atoms with van der Waals surface area (Å²) in [4.78, 5) is 13.9. The van der Waals surface area contributed by atoms with Gasteiger partial charge in [-0.25, -0.2) is 4.52 Å². The smallest absolute Gasteiger partial charge is 0.275 e. The van der Waals surface area contributed by atoms with E-state index < -0.39 is 0 Å². The van der Waals surface area contributed by atoms with Crippen LogP contribution in [0.3, 0.4) is 0 Å². The van der Waals surface area contributed by atoms with Gasteiger partial charge in [-0.1, -0.05) is 0 Å². The zero-order valence-electron chi connectivity index (χ0n) is 6.90. The molecule has 2 aromatic rings. The van der Waals surface area contributed by atoms with Crippen LogP contribution in [0.2, 0.25) is 0 Å². The van der Waals surface area contributed by atoms with E-state index in [9.17, 15) is 4.79 Å². The molecule has 0 fully saturated rings. The molecule has 0 saturated carbocycles. The summed E-state index contributed by atoms with van der Waals surface area (Å²) in [5, 5.41) is 12.7. The first kappa shape index (κ1) is 7.55. The fraction of sp³-hybridized carbons (Fsp3) is 0.125. The highest BCUT2D eigenvalue weighted by Crippen LogP contribution is 2.02. The van der Waals surface area contributed by atoms with Gasteiger partial charge in [0.2, 0.25) is 0 Å². The minimum Gasteiger partial charge on any atom is -0.307 e. The number of hydrogen-bond acceptors (Lipinski definition) is 3. The van der Waals surface area contributed by atoms with Crippen molar-refractivity contribution in [3.8, 4) is 6.07 Å². The highest BCUT2D eigenvalue weighted by Gasteiger charge is 2.05. The van der Waals surface area contributed by atoms with Crippen molar-refractivity contribution in [3.05, 3.63) is 34.0 Å². The molecule has 0 amide bonds. The third-order valence-corrected chi connectivity index (χ3v) is 1.75. The van der Waals surface area contributed by atoms with Gasteiger partial charge in [-0.05, 0) is 19.1 Å². The molecular weight excluding hydrogens is 168 g/mol. The molecule has 0 aliphatic carbocycles. The summed E-state index contributed by atoms with van der Waals surface area (Å²) >= 11 is 0. The second-order valence-corrected chi connectivity index (χ2v) is 2.67. The van der Waals surface area contributed by atoms with Crippen LogP contribution >= 0.6 is 0 Å². The maximum atomic E-state index is 11.3. The van der Waals surface area contributed by atoms with Crippen LogP contribution in [0.1, 0.15) is 11.5 Å². The second-order valence-electron chi connectivity index (χ2n) is 2.67. The molecule has 0 saturated heterocycles. The molecule has 0 aliphatic rings. The normalized spacial score (nSPS) is 10.2. The lowest BCUT2D eigenvalue weighted by Gasteiger charge is -1.95. The predicted molar refractivity (Wildman–Crippen MR) is 45.3 cm³/mol. The van der Waals surface area contributed by atoms with Gasteiger partial charge in [0, 0.05) is 0 Å². The summed E-state index contributed by atoms with van der Waals surface area (Å²) in [6, 6.07) is 5.09. The number of aryl methyl sites for hydroxylation is 1. The molecule has 64 valence electrons. The highest BCUT2D eigenvalue weighted by molar-refractivity contribution is 5.48. The second kappa shape index (κ2) is 2.45. The number of hydrogen-bond donors (Lipinski definition) is 1. The molecule has 5 nitrogen and oxygen atoms in total. The summed E-state index contributed by atoms with van der Waals surface area (Å²) in [6.45, 7) is 1.67. The molecule has 0 bridgehead atoms.